The molecule has 0 spiro atoms. The fourth-order valence-corrected chi connectivity index (χ4v) is 4.23. The Balaban J connectivity index is 1.68. The Morgan fingerprint density at radius 2 is 1.77 bits per heavy atom. The lowest BCUT2D eigenvalue weighted by Gasteiger charge is -2.15. The molecule has 0 aliphatic rings. The van der Waals surface area contributed by atoms with Gasteiger partial charge in [0.2, 0.25) is 10.0 Å². The van der Waals surface area contributed by atoms with Crippen LogP contribution in [0.15, 0.2) is 65.7 Å². The van der Waals surface area contributed by atoms with E-state index in [1.54, 1.807) is 18.3 Å². The number of hydrogen-bond donors (Lipinski definition) is 2. The first-order valence-electron chi connectivity index (χ1n) is 9.96. The smallest absolute Gasteiger partial charge is 0.241 e. The van der Waals surface area contributed by atoms with Gasteiger partial charge >= 0.3 is 0 Å². The van der Waals surface area contributed by atoms with Gasteiger partial charge in [-0.05, 0) is 43.2 Å². The number of hydrogen-bond acceptors (Lipinski definition) is 5. The second-order valence-corrected chi connectivity index (χ2v) is 8.36. The third-order valence-electron chi connectivity index (χ3n) is 4.55. The topological polar surface area (TPSA) is 93.3 Å². The largest absolute Gasteiger partial charge is 0.491 e. The number of sulfonamides is 1. The molecule has 0 aliphatic carbocycles. The van der Waals surface area contributed by atoms with Crippen LogP contribution in [0.5, 0.6) is 5.75 Å². The lowest BCUT2D eigenvalue weighted by atomic mass is 10.2. The van der Waals surface area contributed by atoms with E-state index in [0.29, 0.717) is 37.8 Å². The molecule has 2 N–H and O–H groups in total. The fraction of sp³-hybridized carbons (Fsp3) is 0.318. The molecule has 3 aromatic rings. The minimum Gasteiger partial charge on any atom is -0.491 e. The van der Waals surface area contributed by atoms with Crippen molar-refractivity contribution in [2.45, 2.75) is 31.2 Å². The second-order valence-electron chi connectivity index (χ2n) is 6.65. The second kappa shape index (κ2) is 10.4. The predicted octanol–water partition coefficient (Wildman–Crippen LogP) is 3.92. The molecular weight excluding hydrogens is 402 g/mol. The van der Waals surface area contributed by atoms with Gasteiger partial charge in [0, 0.05) is 6.61 Å². The Morgan fingerprint density at radius 3 is 2.43 bits per heavy atom. The van der Waals surface area contributed by atoms with Gasteiger partial charge in [0.1, 0.15) is 18.2 Å². The number of ether oxygens (including phenoxy) is 2. The maximum absolute atomic E-state index is 12.8. The quantitative estimate of drug-likeness (QED) is 0.451. The zero-order valence-electron chi connectivity index (χ0n) is 17.2. The highest BCUT2D eigenvalue weighted by atomic mass is 32.2. The summed E-state index contributed by atoms with van der Waals surface area (Å²) in [6.07, 6.45) is 2.27. The Labute approximate surface area is 177 Å². The van der Waals surface area contributed by atoms with Gasteiger partial charge < -0.3 is 14.5 Å². The highest BCUT2D eigenvalue weighted by Crippen LogP contribution is 2.23. The number of imidazole rings is 1. The minimum atomic E-state index is -3.71. The van der Waals surface area contributed by atoms with Gasteiger partial charge in [0.05, 0.1) is 29.4 Å². The molecule has 0 saturated heterocycles. The van der Waals surface area contributed by atoms with Crippen molar-refractivity contribution >= 4 is 10.0 Å². The molecule has 0 aliphatic heterocycles. The Morgan fingerprint density at radius 1 is 1.03 bits per heavy atom. The van der Waals surface area contributed by atoms with Crippen molar-refractivity contribution in [1.82, 2.24) is 14.7 Å². The third-order valence-corrected chi connectivity index (χ3v) is 6.04. The number of nitrogens with zero attached hydrogens (tertiary/aromatic N) is 1. The molecule has 8 heteroatoms. The summed E-state index contributed by atoms with van der Waals surface area (Å²) in [5.74, 6) is 1.18. The predicted molar refractivity (Wildman–Crippen MR) is 116 cm³/mol. The zero-order chi connectivity index (χ0) is 21.4. The van der Waals surface area contributed by atoms with Crippen molar-refractivity contribution in [1.29, 1.82) is 0 Å². The van der Waals surface area contributed by atoms with Crippen molar-refractivity contribution in [2.75, 3.05) is 19.8 Å². The van der Waals surface area contributed by atoms with Crippen LogP contribution in [0.25, 0.3) is 11.3 Å². The molecule has 3 rings (SSSR count). The number of benzene rings is 2. The van der Waals surface area contributed by atoms with Crippen LogP contribution >= 0.6 is 0 Å². The summed E-state index contributed by atoms with van der Waals surface area (Å²) in [6, 6.07) is 15.7. The molecule has 1 heterocycles. The summed E-state index contributed by atoms with van der Waals surface area (Å²) in [5.41, 5.74) is 1.84. The molecule has 7 nitrogen and oxygen atoms in total. The van der Waals surface area contributed by atoms with Gasteiger partial charge in [-0.3, -0.25) is 0 Å². The summed E-state index contributed by atoms with van der Waals surface area (Å²) in [7, 11) is -3.71. The molecule has 160 valence electrons. The molecule has 0 saturated carbocycles. The molecule has 0 amide bonds. The van der Waals surface area contributed by atoms with E-state index in [2.05, 4.69) is 14.7 Å². The van der Waals surface area contributed by atoms with E-state index in [1.165, 1.54) is 12.1 Å². The van der Waals surface area contributed by atoms with Crippen molar-refractivity contribution in [3.8, 4) is 17.0 Å². The number of H-pyrrole nitrogens is 1. The van der Waals surface area contributed by atoms with Crippen LogP contribution in [0.2, 0.25) is 0 Å². The summed E-state index contributed by atoms with van der Waals surface area (Å²) < 4.78 is 39.2. The first kappa shape index (κ1) is 22.0. The zero-order valence-corrected chi connectivity index (χ0v) is 18.0. The van der Waals surface area contributed by atoms with Crippen molar-refractivity contribution < 1.29 is 17.9 Å². The lowest BCUT2D eigenvalue weighted by molar-refractivity contribution is 0.110. The van der Waals surface area contributed by atoms with E-state index in [4.69, 9.17) is 9.47 Å². The first-order chi connectivity index (χ1) is 14.5. The number of rotatable bonds is 11. The average molecular weight is 430 g/mol. The normalized spacial score (nSPS) is 12.6. The molecule has 1 aromatic heterocycles. The summed E-state index contributed by atoms with van der Waals surface area (Å²) in [5, 5.41) is 0. The third kappa shape index (κ3) is 5.69. The van der Waals surface area contributed by atoms with Crippen LogP contribution < -0.4 is 9.46 Å². The SMILES string of the molecule is CCOCCOc1ccc(S(=O)(=O)NC(CC)c2ncc(-c3ccccc3)[nH]2)cc1. The highest BCUT2D eigenvalue weighted by molar-refractivity contribution is 7.89. The molecular formula is C22H27N3O4S. The van der Waals surface area contributed by atoms with Gasteiger partial charge in [-0.1, -0.05) is 37.3 Å². The van der Waals surface area contributed by atoms with E-state index in [-0.39, 0.29) is 4.90 Å². The Hall–Kier alpha value is -2.68. The molecule has 2 aromatic carbocycles. The molecule has 1 atom stereocenters. The Bertz CT molecular complexity index is 1020. The maximum atomic E-state index is 12.8. The molecule has 30 heavy (non-hydrogen) atoms. The van der Waals surface area contributed by atoms with E-state index in [0.717, 1.165) is 11.3 Å². The molecule has 0 radical (unpaired) electrons. The van der Waals surface area contributed by atoms with Gasteiger partial charge in [0.15, 0.2) is 0 Å². The van der Waals surface area contributed by atoms with Crippen LogP contribution in [0.4, 0.5) is 0 Å². The van der Waals surface area contributed by atoms with Crippen molar-refractivity contribution in [3.63, 3.8) is 0 Å². The van der Waals surface area contributed by atoms with Gasteiger partial charge in [-0.2, -0.15) is 0 Å². The molecule has 0 fully saturated rings. The number of nitrogens with one attached hydrogen (secondary N) is 2. The standard InChI is InChI=1S/C22H27N3O4S/c1-3-20(22-23-16-21(24-22)17-8-6-5-7-9-17)25-30(26,27)19-12-10-18(11-13-19)29-15-14-28-4-2/h5-13,16,20,25H,3-4,14-15H2,1-2H3,(H,23,24). The molecule has 0 bridgehead atoms. The highest BCUT2D eigenvalue weighted by Gasteiger charge is 2.22. The summed E-state index contributed by atoms with van der Waals surface area (Å²) >= 11 is 0. The van der Waals surface area contributed by atoms with Crippen molar-refractivity contribution in [3.05, 3.63) is 66.6 Å². The van der Waals surface area contributed by atoms with E-state index in [1.807, 2.05) is 44.2 Å². The molecule has 1 unspecified atom stereocenters. The lowest BCUT2D eigenvalue weighted by Crippen LogP contribution is -2.29. The number of aromatic nitrogens is 2. The van der Waals surface area contributed by atoms with Crippen molar-refractivity contribution in [2.24, 2.45) is 0 Å². The van der Waals surface area contributed by atoms with Gasteiger partial charge in [-0.25, -0.2) is 18.1 Å². The Kier molecular flexibility index (Phi) is 7.62. The van der Waals surface area contributed by atoms with E-state index >= 15 is 0 Å². The number of aromatic amines is 1. The van der Waals surface area contributed by atoms with Crippen LogP contribution in [-0.4, -0.2) is 38.2 Å². The monoisotopic (exact) mass is 429 g/mol. The van der Waals surface area contributed by atoms with Crippen LogP contribution in [0.3, 0.4) is 0 Å². The minimum absolute atomic E-state index is 0.174. The van der Waals surface area contributed by atoms with Gasteiger partial charge in [0.25, 0.3) is 0 Å². The van der Waals surface area contributed by atoms with Gasteiger partial charge in [-0.15, -0.1) is 0 Å². The average Bonchev–Trinajstić information content (AvgIpc) is 3.26. The van der Waals surface area contributed by atoms with E-state index < -0.39 is 16.1 Å². The van der Waals surface area contributed by atoms with E-state index in [9.17, 15) is 8.42 Å². The summed E-state index contributed by atoms with van der Waals surface area (Å²) in [6.45, 7) is 5.37. The van der Waals surface area contributed by atoms with Crippen LogP contribution in [0, 0.1) is 0 Å². The first-order valence-corrected chi connectivity index (χ1v) is 11.4. The van der Waals surface area contributed by atoms with Crippen LogP contribution in [0.1, 0.15) is 32.1 Å². The fourth-order valence-electron chi connectivity index (χ4n) is 2.94. The summed E-state index contributed by atoms with van der Waals surface area (Å²) in [4.78, 5) is 7.79. The van der Waals surface area contributed by atoms with Crippen LogP contribution in [-0.2, 0) is 14.8 Å². The maximum Gasteiger partial charge on any atom is 0.241 e.